The van der Waals surface area contributed by atoms with E-state index in [1.807, 2.05) is 25.6 Å². The first-order chi connectivity index (χ1) is 13.2. The van der Waals surface area contributed by atoms with Crippen LogP contribution in [0.5, 0.6) is 0 Å². The summed E-state index contributed by atoms with van der Waals surface area (Å²) in [6.45, 7) is 7.41. The maximum atomic E-state index is 10.3. The van der Waals surface area contributed by atoms with Crippen molar-refractivity contribution in [3.8, 4) is 0 Å². The molecule has 0 radical (unpaired) electrons. The zero-order valence-electron chi connectivity index (χ0n) is 16.8. The monoisotopic (exact) mass is 391 g/mol. The van der Waals surface area contributed by atoms with Crippen molar-refractivity contribution in [2.24, 2.45) is 0 Å². The molecular formula is C23H26BNO2S. The Morgan fingerprint density at radius 3 is 2.46 bits per heavy atom. The maximum Gasteiger partial charge on any atom is 0.309 e. The van der Waals surface area contributed by atoms with E-state index >= 15 is 0 Å². The Balaban J connectivity index is 1.57. The Kier molecular flexibility index (Phi) is 4.94. The predicted molar refractivity (Wildman–Crippen MR) is 121 cm³/mol. The fraction of sp³-hybridized carbons (Fsp3) is 0.304. The first-order valence-corrected chi connectivity index (χ1v) is 10.5. The molecule has 0 bridgehead atoms. The lowest BCUT2D eigenvalue weighted by Crippen LogP contribution is -2.49. The zero-order valence-corrected chi connectivity index (χ0v) is 17.6. The minimum Gasteiger partial charge on any atom is -0.427 e. The molecule has 2 N–H and O–H groups in total. The number of fused-ring (bicyclic) bond motifs is 3. The summed E-state index contributed by atoms with van der Waals surface area (Å²) in [5.74, 6) is 0. The number of hydrogen-bond acceptors (Lipinski definition) is 4. The first-order valence-electron chi connectivity index (χ1n) is 9.65. The smallest absolute Gasteiger partial charge is 0.309 e. The van der Waals surface area contributed by atoms with Gasteiger partial charge >= 0.3 is 7.48 Å². The van der Waals surface area contributed by atoms with Crippen LogP contribution < -0.4 is 10.8 Å². The molecule has 4 rings (SSSR count). The van der Waals surface area contributed by atoms with E-state index in [2.05, 4.69) is 66.0 Å². The Morgan fingerprint density at radius 2 is 1.75 bits per heavy atom. The van der Waals surface area contributed by atoms with Crippen LogP contribution in [-0.2, 0) is 4.65 Å². The molecule has 0 saturated heterocycles. The van der Waals surface area contributed by atoms with Crippen molar-refractivity contribution in [2.75, 3.05) is 5.32 Å². The topological polar surface area (TPSA) is 41.5 Å². The molecule has 0 saturated carbocycles. The second-order valence-electron chi connectivity index (χ2n) is 8.41. The number of aliphatic hydroxyl groups is 1. The maximum absolute atomic E-state index is 10.3. The molecule has 0 aliphatic carbocycles. The molecule has 0 fully saturated rings. The second kappa shape index (κ2) is 7.14. The van der Waals surface area contributed by atoms with Crippen LogP contribution in [0.15, 0.2) is 65.6 Å². The summed E-state index contributed by atoms with van der Waals surface area (Å²) in [5, 5.41) is 16.6. The molecule has 1 atom stereocenters. The van der Waals surface area contributed by atoms with Gasteiger partial charge in [0.2, 0.25) is 0 Å². The number of rotatable bonds is 5. The quantitative estimate of drug-likeness (QED) is 0.624. The van der Waals surface area contributed by atoms with Gasteiger partial charge in [0.15, 0.2) is 0 Å². The van der Waals surface area contributed by atoms with E-state index in [0.717, 1.165) is 5.46 Å². The van der Waals surface area contributed by atoms with Crippen molar-refractivity contribution in [3.05, 3.63) is 66.2 Å². The Labute approximate surface area is 171 Å². The zero-order chi connectivity index (χ0) is 19.9. The number of thioether (sulfide) groups is 1. The molecule has 1 aliphatic rings. The highest BCUT2D eigenvalue weighted by atomic mass is 32.2. The van der Waals surface area contributed by atoms with Crippen molar-refractivity contribution in [1.29, 1.82) is 0 Å². The van der Waals surface area contributed by atoms with Crippen LogP contribution in [0, 0.1) is 0 Å². The van der Waals surface area contributed by atoms with E-state index in [4.69, 9.17) is 4.65 Å². The Morgan fingerprint density at radius 1 is 1.00 bits per heavy atom. The van der Waals surface area contributed by atoms with E-state index in [1.54, 1.807) is 13.8 Å². The summed E-state index contributed by atoms with van der Waals surface area (Å²) in [7, 11) is 0.471. The van der Waals surface area contributed by atoms with Gasteiger partial charge in [0.25, 0.3) is 0 Å². The molecule has 1 unspecified atom stereocenters. The van der Waals surface area contributed by atoms with Crippen LogP contribution >= 0.6 is 11.8 Å². The van der Waals surface area contributed by atoms with Gasteiger partial charge in [-0.15, -0.1) is 0 Å². The van der Waals surface area contributed by atoms with Crippen molar-refractivity contribution in [1.82, 2.24) is 0 Å². The molecule has 1 aliphatic heterocycles. The SMILES string of the molecule is CC(C)(O)C(C)(C)OBc1ccc2c3c(ccc2c1)SC(c1ccccc1)N3. The molecule has 144 valence electrons. The Hall–Kier alpha value is -1.95. The van der Waals surface area contributed by atoms with E-state index < -0.39 is 11.2 Å². The lowest BCUT2D eigenvalue weighted by molar-refractivity contribution is -0.0893. The van der Waals surface area contributed by atoms with Gasteiger partial charge in [-0.1, -0.05) is 71.8 Å². The molecule has 0 amide bonds. The lowest BCUT2D eigenvalue weighted by atomic mass is 9.82. The molecule has 0 aromatic heterocycles. The predicted octanol–water partition coefficient (Wildman–Crippen LogP) is 4.60. The highest BCUT2D eigenvalue weighted by molar-refractivity contribution is 8.00. The molecule has 28 heavy (non-hydrogen) atoms. The van der Waals surface area contributed by atoms with Gasteiger partial charge in [0.1, 0.15) is 5.37 Å². The largest absolute Gasteiger partial charge is 0.427 e. The molecule has 3 aromatic carbocycles. The number of anilines is 1. The van der Waals surface area contributed by atoms with E-state index in [0.29, 0.717) is 7.48 Å². The Bertz CT molecular complexity index is 999. The molecule has 1 heterocycles. The number of nitrogens with one attached hydrogen (secondary N) is 1. The minimum absolute atomic E-state index is 0.248. The summed E-state index contributed by atoms with van der Waals surface area (Å²) < 4.78 is 6.03. The third-order valence-electron chi connectivity index (χ3n) is 5.74. The third-order valence-corrected chi connectivity index (χ3v) is 6.96. The molecule has 3 aromatic rings. The molecule has 0 spiro atoms. The van der Waals surface area contributed by atoms with Crippen LogP contribution in [0.3, 0.4) is 0 Å². The highest BCUT2D eigenvalue weighted by Crippen LogP contribution is 2.49. The van der Waals surface area contributed by atoms with Gasteiger partial charge in [-0.3, -0.25) is 0 Å². The number of benzene rings is 3. The average molecular weight is 391 g/mol. The van der Waals surface area contributed by atoms with Crippen molar-refractivity contribution in [3.63, 3.8) is 0 Å². The van der Waals surface area contributed by atoms with E-state index in [-0.39, 0.29) is 5.37 Å². The summed E-state index contributed by atoms with van der Waals surface area (Å²) in [4.78, 5) is 1.29. The van der Waals surface area contributed by atoms with Crippen LogP contribution in [0.1, 0.15) is 38.6 Å². The average Bonchev–Trinajstić information content (AvgIpc) is 3.11. The van der Waals surface area contributed by atoms with Crippen LogP contribution in [-0.4, -0.2) is 23.8 Å². The first kappa shape index (κ1) is 19.4. The summed E-state index contributed by atoms with van der Waals surface area (Å²) >= 11 is 1.86. The summed E-state index contributed by atoms with van der Waals surface area (Å²) in [6.07, 6.45) is 0. The molecule has 3 nitrogen and oxygen atoms in total. The van der Waals surface area contributed by atoms with Crippen LogP contribution in [0.2, 0.25) is 0 Å². The van der Waals surface area contributed by atoms with Gasteiger partial charge in [-0.2, -0.15) is 0 Å². The third kappa shape index (κ3) is 3.67. The standard InChI is InChI=1S/C23H26BNO2S/c1-22(2,26)23(3,4)27-24-17-11-12-18-16(14-17)10-13-19-20(18)25-21(28-19)15-8-6-5-7-9-15/h5-14,21,24-26H,1-4H3. The number of hydrogen-bond donors (Lipinski definition) is 2. The van der Waals surface area contributed by atoms with Gasteiger partial charge in [-0.25, -0.2) is 0 Å². The van der Waals surface area contributed by atoms with Crippen molar-refractivity contribution >= 4 is 41.2 Å². The fourth-order valence-electron chi connectivity index (χ4n) is 3.20. The fourth-order valence-corrected chi connectivity index (χ4v) is 4.36. The van der Waals surface area contributed by atoms with Gasteiger partial charge in [0.05, 0.1) is 16.9 Å². The lowest BCUT2D eigenvalue weighted by Gasteiger charge is -2.37. The van der Waals surface area contributed by atoms with Crippen molar-refractivity contribution < 1.29 is 9.76 Å². The van der Waals surface area contributed by atoms with Gasteiger partial charge in [-0.05, 0) is 44.7 Å². The van der Waals surface area contributed by atoms with Crippen molar-refractivity contribution in [2.45, 2.75) is 49.2 Å². The van der Waals surface area contributed by atoms with Crippen LogP contribution in [0.4, 0.5) is 5.69 Å². The second-order valence-corrected chi connectivity index (χ2v) is 9.55. The van der Waals surface area contributed by atoms with E-state index in [1.165, 1.54) is 26.9 Å². The highest BCUT2D eigenvalue weighted by Gasteiger charge is 2.35. The molecule has 5 heteroatoms. The minimum atomic E-state index is -0.904. The van der Waals surface area contributed by atoms with Gasteiger partial charge in [0, 0.05) is 10.3 Å². The van der Waals surface area contributed by atoms with Crippen LogP contribution in [0.25, 0.3) is 10.8 Å². The van der Waals surface area contributed by atoms with E-state index in [9.17, 15) is 5.11 Å². The van der Waals surface area contributed by atoms with Gasteiger partial charge < -0.3 is 15.1 Å². The summed E-state index contributed by atoms with van der Waals surface area (Å²) in [5.41, 5.74) is 2.07. The normalized spacial score (nSPS) is 16.7. The summed E-state index contributed by atoms with van der Waals surface area (Å²) in [6, 6.07) is 21.4. The molecular weight excluding hydrogens is 365 g/mol.